The van der Waals surface area contributed by atoms with E-state index in [1.807, 2.05) is 20.8 Å². The molecule has 0 aliphatic carbocycles. The van der Waals surface area contributed by atoms with E-state index in [2.05, 4.69) is 30.4 Å². The zero-order valence-corrected chi connectivity index (χ0v) is 15.9. The molecule has 0 aromatic carbocycles. The Morgan fingerprint density at radius 2 is 1.96 bits per heavy atom. The van der Waals surface area contributed by atoms with Crippen molar-refractivity contribution in [3.63, 3.8) is 0 Å². The molecule has 0 aliphatic rings. The van der Waals surface area contributed by atoms with E-state index in [-0.39, 0.29) is 22.6 Å². The van der Waals surface area contributed by atoms with Crippen LogP contribution in [0.1, 0.15) is 48.2 Å². The van der Waals surface area contributed by atoms with Crippen LogP contribution >= 0.6 is 0 Å². The predicted molar refractivity (Wildman–Crippen MR) is 100 cm³/mol. The lowest BCUT2D eigenvalue weighted by molar-refractivity contribution is 0.102. The summed E-state index contributed by atoms with van der Waals surface area (Å²) in [5.41, 5.74) is 1.51. The van der Waals surface area contributed by atoms with Crippen LogP contribution in [-0.4, -0.2) is 35.6 Å². The van der Waals surface area contributed by atoms with Crippen LogP contribution < -0.4 is 10.9 Å². The summed E-state index contributed by atoms with van der Waals surface area (Å²) in [6.07, 6.45) is 4.30. The first-order chi connectivity index (χ1) is 12.7. The number of nitrogens with one attached hydrogen (secondary N) is 2. The zero-order chi connectivity index (χ0) is 19.8. The zero-order valence-electron chi connectivity index (χ0n) is 15.9. The van der Waals surface area contributed by atoms with Gasteiger partial charge >= 0.3 is 0 Å². The minimum Gasteiger partial charge on any atom is -0.305 e. The lowest BCUT2D eigenvalue weighted by Gasteiger charge is -2.14. The molecule has 0 radical (unpaired) electrons. The monoisotopic (exact) mass is 367 g/mol. The molecular weight excluding hydrogens is 346 g/mol. The highest BCUT2D eigenvalue weighted by Crippen LogP contribution is 2.25. The first kappa shape index (κ1) is 18.4. The smallest absolute Gasteiger partial charge is 0.277 e. The summed E-state index contributed by atoms with van der Waals surface area (Å²) in [4.78, 5) is 39.7. The van der Waals surface area contributed by atoms with E-state index in [1.165, 1.54) is 23.3 Å². The Kier molecular flexibility index (Phi) is 4.61. The Hall–Kier alpha value is -3.36. The summed E-state index contributed by atoms with van der Waals surface area (Å²) in [6, 6.07) is 1.75. The number of aromatic amines is 1. The second-order valence-electron chi connectivity index (χ2n) is 7.22. The van der Waals surface area contributed by atoms with Gasteiger partial charge in [-0.3, -0.25) is 19.6 Å². The Labute approximate surface area is 155 Å². The molecular formula is C18H21N7O2. The number of H-pyrrole nitrogens is 1. The highest BCUT2D eigenvalue weighted by atomic mass is 16.2. The molecule has 0 saturated carbocycles. The molecule has 3 aromatic heterocycles. The summed E-state index contributed by atoms with van der Waals surface area (Å²) >= 11 is 0. The number of aryl methyl sites for hydroxylation is 1. The van der Waals surface area contributed by atoms with Crippen molar-refractivity contribution in [1.29, 1.82) is 0 Å². The normalized spacial score (nSPS) is 11.4. The average molecular weight is 367 g/mol. The molecule has 3 rings (SSSR count). The van der Waals surface area contributed by atoms with E-state index in [1.54, 1.807) is 19.9 Å². The Balaban J connectivity index is 2.09. The third-order valence-electron chi connectivity index (χ3n) is 4.10. The summed E-state index contributed by atoms with van der Waals surface area (Å²) in [7, 11) is 0. The van der Waals surface area contributed by atoms with Gasteiger partial charge in [0, 0.05) is 35.1 Å². The van der Waals surface area contributed by atoms with Crippen molar-refractivity contribution in [2.24, 2.45) is 0 Å². The van der Waals surface area contributed by atoms with E-state index in [0.717, 1.165) is 5.69 Å². The number of carbonyl (C=O) groups excluding carboxylic acids is 1. The van der Waals surface area contributed by atoms with Crippen molar-refractivity contribution in [3.05, 3.63) is 57.7 Å². The third-order valence-corrected chi connectivity index (χ3v) is 4.10. The van der Waals surface area contributed by atoms with Gasteiger partial charge in [0.25, 0.3) is 11.5 Å². The molecule has 0 saturated heterocycles. The van der Waals surface area contributed by atoms with E-state index >= 15 is 0 Å². The van der Waals surface area contributed by atoms with Crippen LogP contribution in [0.2, 0.25) is 0 Å². The molecule has 0 atom stereocenters. The molecule has 0 unspecified atom stereocenters. The number of rotatable bonds is 3. The fourth-order valence-electron chi connectivity index (χ4n) is 2.33. The van der Waals surface area contributed by atoms with Gasteiger partial charge in [0.15, 0.2) is 0 Å². The van der Waals surface area contributed by atoms with Crippen molar-refractivity contribution >= 4 is 11.7 Å². The number of carbonyl (C=O) groups is 1. The maximum Gasteiger partial charge on any atom is 0.277 e. The number of anilines is 1. The van der Waals surface area contributed by atoms with E-state index in [9.17, 15) is 9.59 Å². The third kappa shape index (κ3) is 3.76. The van der Waals surface area contributed by atoms with Crippen LogP contribution in [0.15, 0.2) is 29.5 Å². The van der Waals surface area contributed by atoms with Crippen molar-refractivity contribution < 1.29 is 4.79 Å². The molecule has 3 heterocycles. The van der Waals surface area contributed by atoms with Gasteiger partial charge in [-0.1, -0.05) is 20.8 Å². The number of amides is 1. The molecule has 27 heavy (non-hydrogen) atoms. The number of hydrogen-bond acceptors (Lipinski definition) is 6. The molecule has 1 amide bonds. The summed E-state index contributed by atoms with van der Waals surface area (Å²) in [5, 5.41) is 7.31. The van der Waals surface area contributed by atoms with Crippen LogP contribution in [0.4, 0.5) is 5.82 Å². The van der Waals surface area contributed by atoms with Gasteiger partial charge in [0.05, 0.1) is 11.9 Å². The van der Waals surface area contributed by atoms with E-state index in [0.29, 0.717) is 17.1 Å². The van der Waals surface area contributed by atoms with Gasteiger partial charge in [-0.2, -0.15) is 9.78 Å². The van der Waals surface area contributed by atoms with Crippen molar-refractivity contribution in [2.75, 3.05) is 5.32 Å². The molecule has 140 valence electrons. The van der Waals surface area contributed by atoms with Gasteiger partial charge in [-0.15, -0.1) is 0 Å². The summed E-state index contributed by atoms with van der Waals surface area (Å²) in [6.45, 7) is 9.46. The highest BCUT2D eigenvalue weighted by molar-refractivity contribution is 6.02. The fraction of sp³-hybridized carbons (Fsp3) is 0.333. The van der Waals surface area contributed by atoms with Gasteiger partial charge in [-0.05, 0) is 13.8 Å². The molecule has 3 aromatic rings. The van der Waals surface area contributed by atoms with Crippen molar-refractivity contribution in [2.45, 2.75) is 40.0 Å². The fourth-order valence-corrected chi connectivity index (χ4v) is 2.33. The predicted octanol–water partition coefficient (Wildman–Crippen LogP) is 1.91. The molecule has 0 aliphatic heterocycles. The lowest BCUT2D eigenvalue weighted by Crippen LogP contribution is -2.21. The van der Waals surface area contributed by atoms with E-state index in [4.69, 9.17) is 0 Å². The molecule has 2 N–H and O–H groups in total. The van der Waals surface area contributed by atoms with Gasteiger partial charge in [0.1, 0.15) is 11.5 Å². The second-order valence-corrected chi connectivity index (χ2v) is 7.22. The van der Waals surface area contributed by atoms with E-state index < -0.39 is 5.91 Å². The quantitative estimate of drug-likeness (QED) is 0.730. The first-order valence-electron chi connectivity index (χ1n) is 8.42. The highest BCUT2D eigenvalue weighted by Gasteiger charge is 2.23. The van der Waals surface area contributed by atoms with Crippen LogP contribution in [-0.2, 0) is 5.41 Å². The minimum atomic E-state index is -0.434. The van der Waals surface area contributed by atoms with Gasteiger partial charge < -0.3 is 5.32 Å². The van der Waals surface area contributed by atoms with Crippen LogP contribution in [0.5, 0.6) is 0 Å². The van der Waals surface area contributed by atoms with Gasteiger partial charge in [0.2, 0.25) is 5.95 Å². The average Bonchev–Trinajstić information content (AvgIpc) is 3.04. The number of aromatic nitrogens is 6. The Bertz CT molecular complexity index is 1050. The molecule has 0 fully saturated rings. The minimum absolute atomic E-state index is 0.170. The van der Waals surface area contributed by atoms with Gasteiger partial charge in [-0.25, -0.2) is 9.97 Å². The standard InChI is InChI=1S/C18H21N7O2/c1-10-11(2)21-17(23-15(10)26)25-14(8-13(24-25)18(3,4)5)22-16(27)12-9-19-6-7-20-12/h6-9H,1-5H3,(H,22,27)(H,21,23,26). The van der Waals surface area contributed by atoms with Crippen LogP contribution in [0.3, 0.4) is 0 Å². The summed E-state index contributed by atoms with van der Waals surface area (Å²) in [5.74, 6) is 0.172. The summed E-state index contributed by atoms with van der Waals surface area (Å²) < 4.78 is 1.42. The lowest BCUT2D eigenvalue weighted by atomic mass is 9.92. The van der Waals surface area contributed by atoms with Crippen molar-refractivity contribution in [3.8, 4) is 5.95 Å². The topological polar surface area (TPSA) is 118 Å². The SMILES string of the molecule is Cc1nc(-n2nc(C(C)(C)C)cc2NC(=O)c2cnccn2)[nH]c(=O)c1C. The number of hydrogen-bond donors (Lipinski definition) is 2. The van der Waals surface area contributed by atoms with Crippen LogP contribution in [0.25, 0.3) is 5.95 Å². The maximum atomic E-state index is 12.5. The number of nitrogens with zero attached hydrogens (tertiary/aromatic N) is 5. The van der Waals surface area contributed by atoms with Crippen LogP contribution in [0, 0.1) is 13.8 Å². The van der Waals surface area contributed by atoms with Crippen molar-refractivity contribution in [1.82, 2.24) is 29.7 Å². The second kappa shape index (κ2) is 6.75. The first-order valence-corrected chi connectivity index (χ1v) is 8.42. The maximum absolute atomic E-state index is 12.5. The Morgan fingerprint density at radius 3 is 2.56 bits per heavy atom. The molecule has 0 spiro atoms. The molecule has 9 heteroatoms. The molecule has 9 nitrogen and oxygen atoms in total. The Morgan fingerprint density at radius 1 is 1.22 bits per heavy atom. The largest absolute Gasteiger partial charge is 0.305 e. The molecule has 0 bridgehead atoms.